The van der Waals surface area contributed by atoms with E-state index in [-0.39, 0.29) is 38.2 Å². The van der Waals surface area contributed by atoms with E-state index in [1.807, 2.05) is 0 Å². The van der Waals surface area contributed by atoms with Gasteiger partial charge < -0.3 is 0 Å². The van der Waals surface area contributed by atoms with Crippen molar-refractivity contribution in [2.75, 3.05) is 0 Å². The minimum absolute atomic E-state index is 0. The second-order valence-corrected chi connectivity index (χ2v) is 0.289. The minimum Gasteiger partial charge on any atom is 3.00 e. The van der Waals surface area contributed by atoms with Crippen LogP contribution < -0.4 is 15.1 Å². The van der Waals surface area contributed by atoms with Gasteiger partial charge in [-0.25, -0.2) is 0 Å². The fraction of sp³-hybridized carbons (Fsp3) is 0. The molecule has 0 aliphatic rings. The summed E-state index contributed by atoms with van der Waals surface area (Å²) in [7, 11) is -1.50. The third kappa shape index (κ3) is 6100. The molecule has 0 rings (SSSR count). The van der Waals surface area contributed by atoms with E-state index >= 15 is 0 Å². The smallest absolute Gasteiger partial charge is 3.00 e. The second kappa shape index (κ2) is 59.3. The van der Waals surface area contributed by atoms with Gasteiger partial charge in [-0.3, -0.25) is 0 Å². The summed E-state index contributed by atoms with van der Waals surface area (Å²) in [5, 5.41) is 24.8. The summed E-state index contributed by atoms with van der Waals surface area (Å²) < 4.78 is 24.8. The molecule has 6 nitrogen and oxygen atoms in total. The molecule has 0 atom stereocenters. The van der Waals surface area contributed by atoms with Gasteiger partial charge in [0.15, 0.2) is 0 Å². The number of hydrogen-bond donors (Lipinski definition) is 0. The van der Waals surface area contributed by atoms with Crippen LogP contribution >= 0.6 is 0 Å². The van der Waals surface area contributed by atoms with Gasteiger partial charge >= 0.3 is 89.4 Å². The molecule has 0 aromatic heterocycles. The predicted octanol–water partition coefficient (Wildman–Crippen LogP) is -5.07. The summed E-state index contributed by atoms with van der Waals surface area (Å²) in [4.78, 5) is 0. The van der Waals surface area contributed by atoms with Crippen LogP contribution in [0.5, 0.6) is 0 Å². The van der Waals surface area contributed by atoms with E-state index in [1.54, 1.807) is 0 Å². The summed E-state index contributed by atoms with van der Waals surface area (Å²) in [5.74, 6) is 0. The zero-order chi connectivity index (χ0) is 8.12. The van der Waals surface area contributed by atoms with Crippen LogP contribution in [0.4, 0.5) is 0 Å². The summed E-state index contributed by atoms with van der Waals surface area (Å²) in [6.45, 7) is 0. The Bertz CT molecular complexity index is 49.7. The number of rotatable bonds is 0. The molecule has 1 radical (unpaired) electrons. The van der Waals surface area contributed by atoms with Crippen molar-refractivity contribution in [2.24, 2.45) is 0 Å². The molecule has 55 valence electrons. The third-order valence-corrected chi connectivity index (χ3v) is 0. The Kier molecular flexibility index (Phi) is 133. The van der Waals surface area contributed by atoms with Crippen molar-refractivity contribution in [3.63, 3.8) is 0 Å². The van der Waals surface area contributed by atoms with Crippen LogP contribution in [-0.4, -0.2) is 22.1 Å². The Balaban J connectivity index is -0.0000000257. The summed E-state index contributed by atoms with van der Waals surface area (Å²) in [6.07, 6.45) is 0. The molecule has 0 aliphatic carbocycles. The molecular formula is B3DyO6. The van der Waals surface area contributed by atoms with Crippen molar-refractivity contribution in [1.29, 1.82) is 0 Å². The van der Waals surface area contributed by atoms with Crippen molar-refractivity contribution < 1.29 is 67.4 Å². The average Bonchev–Trinajstić information content (AvgIpc) is 1.70. The molecule has 0 amide bonds. The molecule has 0 N–H and O–H groups in total. The largest absolute Gasteiger partial charge is 3.00 e. The van der Waals surface area contributed by atoms with Crippen molar-refractivity contribution >= 4 is 22.1 Å². The third-order valence-electron chi connectivity index (χ3n) is 0. The van der Waals surface area contributed by atoms with Crippen molar-refractivity contribution in [2.45, 2.75) is 0 Å². The number of hydrogen-bond acceptors (Lipinski definition) is 6. The van der Waals surface area contributed by atoms with Crippen molar-refractivity contribution in [3.8, 4) is 0 Å². The van der Waals surface area contributed by atoms with Gasteiger partial charge in [0.25, 0.3) is 0 Å². The topological polar surface area (TPSA) is 120 Å². The first kappa shape index (κ1) is 22.4. The molecule has 0 heterocycles. The average molecular weight is 291 g/mol. The van der Waals surface area contributed by atoms with Crippen LogP contribution in [0.25, 0.3) is 0 Å². The first-order valence-electron chi connectivity index (χ1n) is 1.41. The van der Waals surface area contributed by atoms with Crippen molar-refractivity contribution in [3.05, 3.63) is 0 Å². The molecule has 0 unspecified atom stereocenters. The summed E-state index contributed by atoms with van der Waals surface area (Å²) in [5.41, 5.74) is 0. The van der Waals surface area contributed by atoms with Gasteiger partial charge in [-0.1, -0.05) is 0 Å². The maximum absolute atomic E-state index is 8.25. The molecular weight excluding hydrogens is 291 g/mol. The van der Waals surface area contributed by atoms with Crippen LogP contribution in [0.1, 0.15) is 0 Å². The normalized spacial score (nSPS) is 2.40. The minimum atomic E-state index is -0.500. The first-order chi connectivity index (χ1) is 4.24. The van der Waals surface area contributed by atoms with Gasteiger partial charge in [0, 0.05) is 0 Å². The molecule has 10 heavy (non-hydrogen) atoms. The maximum Gasteiger partial charge on any atom is 3.00 e. The Labute approximate surface area is 88.9 Å². The van der Waals surface area contributed by atoms with Gasteiger partial charge in [0.05, 0.1) is 0 Å². The molecule has 0 saturated heterocycles. The Morgan fingerprint density at radius 1 is 0.700 bits per heavy atom. The van der Waals surface area contributed by atoms with E-state index in [9.17, 15) is 0 Å². The quantitative estimate of drug-likeness (QED) is 0.412. The molecule has 10 heteroatoms. The molecule has 0 aromatic rings. The van der Waals surface area contributed by atoms with E-state index in [1.165, 1.54) is 0 Å². The second-order valence-electron chi connectivity index (χ2n) is 0.289. The molecule has 0 aromatic carbocycles. The van der Waals surface area contributed by atoms with Gasteiger partial charge in [-0.05, 0) is 0 Å². The monoisotopic (exact) mass is 293 g/mol. The summed E-state index contributed by atoms with van der Waals surface area (Å²) in [6, 6.07) is 0. The SMILES string of the molecule is O=B[O-].O=B[O-].O=B[O-].[Dy+3]. The van der Waals surface area contributed by atoms with Crippen LogP contribution in [0, 0.1) is 38.2 Å². The predicted molar refractivity (Wildman–Crippen MR) is 19.3 cm³/mol. The molecule has 0 spiro atoms. The molecule has 0 fully saturated rings. The Hall–Kier alpha value is 0.268. The fourth-order valence-corrected chi connectivity index (χ4v) is 0. The van der Waals surface area contributed by atoms with E-state index in [0.29, 0.717) is 0 Å². The maximum atomic E-state index is 8.25. The van der Waals surface area contributed by atoms with Gasteiger partial charge in [0.1, 0.15) is 0 Å². The molecule has 0 aliphatic heterocycles. The standard InChI is InChI=1S/3BO2.Dy/c3*2-1-3;/q3*-1;+3. The Morgan fingerprint density at radius 3 is 0.700 bits per heavy atom. The van der Waals surface area contributed by atoms with Crippen molar-refractivity contribution in [1.82, 2.24) is 0 Å². The zero-order valence-corrected chi connectivity index (χ0v) is 6.53. The van der Waals surface area contributed by atoms with Gasteiger partial charge in [0.2, 0.25) is 0 Å². The summed E-state index contributed by atoms with van der Waals surface area (Å²) >= 11 is 0. The van der Waals surface area contributed by atoms with E-state index in [2.05, 4.69) is 0 Å². The van der Waals surface area contributed by atoms with E-state index in [4.69, 9.17) is 29.2 Å². The van der Waals surface area contributed by atoms with Crippen LogP contribution in [-0.2, 0) is 14.1 Å². The van der Waals surface area contributed by atoms with Crippen LogP contribution in [0.3, 0.4) is 0 Å². The molecule has 0 bridgehead atoms. The van der Waals surface area contributed by atoms with E-state index < -0.39 is 22.1 Å². The zero-order valence-electron chi connectivity index (χ0n) is 4.50. The van der Waals surface area contributed by atoms with Gasteiger partial charge in [-0.15, -0.1) is 0 Å². The first-order valence-corrected chi connectivity index (χ1v) is 1.41. The van der Waals surface area contributed by atoms with Crippen LogP contribution in [0.15, 0.2) is 0 Å². The Morgan fingerprint density at radius 2 is 0.700 bits per heavy atom. The van der Waals surface area contributed by atoms with Gasteiger partial charge in [-0.2, -0.15) is 0 Å². The van der Waals surface area contributed by atoms with Crippen LogP contribution in [0.2, 0.25) is 0 Å². The molecule has 0 saturated carbocycles. The fourth-order valence-electron chi connectivity index (χ4n) is 0. The van der Waals surface area contributed by atoms with E-state index in [0.717, 1.165) is 0 Å².